The molecule has 26 heavy (non-hydrogen) atoms. The van der Waals surface area contributed by atoms with Crippen molar-refractivity contribution in [3.63, 3.8) is 0 Å². The Kier molecular flexibility index (Phi) is 4.12. The van der Waals surface area contributed by atoms with Crippen molar-refractivity contribution < 1.29 is 4.74 Å². The lowest BCUT2D eigenvalue weighted by molar-refractivity contribution is 0.398. The van der Waals surface area contributed by atoms with Crippen molar-refractivity contribution in [2.24, 2.45) is 0 Å². The first-order chi connectivity index (χ1) is 12.7. The van der Waals surface area contributed by atoms with Crippen LogP contribution in [0.15, 0.2) is 42.5 Å². The van der Waals surface area contributed by atoms with Gasteiger partial charge in [-0.1, -0.05) is 13.0 Å². The molecule has 132 valence electrons. The fourth-order valence-electron chi connectivity index (χ4n) is 3.08. The molecule has 0 amide bonds. The van der Waals surface area contributed by atoms with Crippen molar-refractivity contribution in [2.45, 2.75) is 20.3 Å². The fraction of sp³-hybridized carbons (Fsp3) is 0.263. The van der Waals surface area contributed by atoms with E-state index in [-0.39, 0.29) is 0 Å². The summed E-state index contributed by atoms with van der Waals surface area (Å²) in [4.78, 5) is 23.0. The molecule has 0 unspecified atom stereocenters. The van der Waals surface area contributed by atoms with Crippen LogP contribution in [-0.4, -0.2) is 38.6 Å². The molecule has 3 aromatic heterocycles. The monoisotopic (exact) mass is 348 g/mol. The minimum atomic E-state index is 0.604. The summed E-state index contributed by atoms with van der Waals surface area (Å²) in [5.74, 6) is 1.32. The van der Waals surface area contributed by atoms with Gasteiger partial charge in [0.15, 0.2) is 5.65 Å². The number of H-pyrrole nitrogens is 1. The maximum Gasteiger partial charge on any atom is 0.213 e. The van der Waals surface area contributed by atoms with Crippen LogP contribution in [0, 0.1) is 6.92 Å². The number of hydrogen-bond donors (Lipinski definition) is 1. The van der Waals surface area contributed by atoms with Gasteiger partial charge in [0.2, 0.25) is 5.88 Å². The minimum absolute atomic E-state index is 0.604. The van der Waals surface area contributed by atoms with Gasteiger partial charge in [-0.2, -0.15) is 0 Å². The van der Waals surface area contributed by atoms with Gasteiger partial charge in [-0.05, 0) is 25.0 Å². The van der Waals surface area contributed by atoms with E-state index in [9.17, 15) is 0 Å². The largest absolute Gasteiger partial charge is 0.481 e. The first-order valence-corrected chi connectivity index (χ1v) is 8.54. The molecule has 0 fully saturated rings. The van der Waals surface area contributed by atoms with E-state index in [2.05, 4.69) is 49.0 Å². The maximum absolute atomic E-state index is 5.16. The second-order valence-corrected chi connectivity index (χ2v) is 6.13. The van der Waals surface area contributed by atoms with Crippen LogP contribution in [0.1, 0.15) is 24.9 Å². The van der Waals surface area contributed by atoms with E-state index in [0.29, 0.717) is 23.9 Å². The Bertz CT molecular complexity index is 1000. The summed E-state index contributed by atoms with van der Waals surface area (Å²) in [6.45, 7) is 4.73. The van der Waals surface area contributed by atoms with E-state index in [0.717, 1.165) is 28.9 Å². The number of ether oxygens (including phenoxy) is 1. The molecule has 0 saturated carbocycles. The molecular weight excluding hydrogens is 328 g/mol. The normalized spacial score (nSPS) is 14.3. The Labute approximate surface area is 151 Å². The molecule has 4 heterocycles. The Balaban J connectivity index is 1.75. The number of hydrogen-bond acceptors (Lipinski definition) is 6. The average Bonchev–Trinajstić information content (AvgIpc) is 3.15. The smallest absolute Gasteiger partial charge is 0.213 e. The topological polar surface area (TPSA) is 79.8 Å². The van der Waals surface area contributed by atoms with E-state index >= 15 is 0 Å². The number of aromatic amines is 1. The second kappa shape index (κ2) is 6.59. The predicted octanol–water partition coefficient (Wildman–Crippen LogP) is 3.26. The molecule has 4 rings (SSSR count). The SMILES string of the molecule is CCC1=CN(c2ccc(OC)nc2)CC(c2nc(C)nc3nc[nH]c23)=C1. The first-order valence-electron chi connectivity index (χ1n) is 8.54. The highest BCUT2D eigenvalue weighted by atomic mass is 16.5. The third-order valence-electron chi connectivity index (χ3n) is 4.39. The number of methoxy groups -OCH3 is 1. The zero-order chi connectivity index (χ0) is 18.1. The lowest BCUT2D eigenvalue weighted by atomic mass is 10.0. The maximum atomic E-state index is 5.16. The predicted molar refractivity (Wildman–Crippen MR) is 101 cm³/mol. The van der Waals surface area contributed by atoms with Crippen LogP contribution in [0.3, 0.4) is 0 Å². The average molecular weight is 348 g/mol. The van der Waals surface area contributed by atoms with Crippen LogP contribution in [0.4, 0.5) is 5.69 Å². The van der Waals surface area contributed by atoms with Crippen molar-refractivity contribution in [2.75, 3.05) is 18.6 Å². The Morgan fingerprint density at radius 2 is 2.12 bits per heavy atom. The van der Waals surface area contributed by atoms with Gasteiger partial charge in [0.1, 0.15) is 11.3 Å². The molecule has 7 nitrogen and oxygen atoms in total. The number of anilines is 1. The number of nitrogens with zero attached hydrogens (tertiary/aromatic N) is 5. The molecule has 0 aromatic carbocycles. The number of rotatable bonds is 4. The molecule has 0 bridgehead atoms. The minimum Gasteiger partial charge on any atom is -0.481 e. The zero-order valence-electron chi connectivity index (χ0n) is 15.0. The molecule has 7 heteroatoms. The quantitative estimate of drug-likeness (QED) is 0.779. The van der Waals surface area contributed by atoms with Crippen molar-refractivity contribution >= 4 is 22.4 Å². The Morgan fingerprint density at radius 1 is 1.23 bits per heavy atom. The standard InChI is InChI=1S/C19H20N6O/c1-4-13-7-14(17-18-19(22-11-21-18)24-12(2)23-17)10-25(9-13)15-5-6-16(26-3)20-8-15/h5-9,11H,4,10H2,1-3H3,(H,21,22,23,24). The van der Waals surface area contributed by atoms with Crippen molar-refractivity contribution in [3.8, 4) is 5.88 Å². The van der Waals surface area contributed by atoms with Crippen molar-refractivity contribution in [3.05, 3.63) is 54.0 Å². The molecule has 1 aliphatic rings. The number of aryl methyl sites for hydroxylation is 1. The van der Waals surface area contributed by atoms with Gasteiger partial charge in [0.05, 0.1) is 31.0 Å². The summed E-state index contributed by atoms with van der Waals surface area (Å²) in [6, 6.07) is 3.88. The van der Waals surface area contributed by atoms with Gasteiger partial charge < -0.3 is 14.6 Å². The van der Waals surface area contributed by atoms with Gasteiger partial charge >= 0.3 is 0 Å². The van der Waals surface area contributed by atoms with Gasteiger partial charge in [-0.15, -0.1) is 0 Å². The van der Waals surface area contributed by atoms with Crippen LogP contribution >= 0.6 is 0 Å². The van der Waals surface area contributed by atoms with Gasteiger partial charge in [0.25, 0.3) is 0 Å². The molecule has 1 aliphatic heterocycles. The summed E-state index contributed by atoms with van der Waals surface area (Å²) < 4.78 is 5.16. The highest BCUT2D eigenvalue weighted by Gasteiger charge is 2.19. The van der Waals surface area contributed by atoms with E-state index in [4.69, 9.17) is 4.74 Å². The molecule has 1 N–H and O–H groups in total. The van der Waals surface area contributed by atoms with Gasteiger partial charge in [0, 0.05) is 24.4 Å². The van der Waals surface area contributed by atoms with Crippen molar-refractivity contribution in [1.82, 2.24) is 24.9 Å². The molecule has 0 saturated heterocycles. The summed E-state index contributed by atoms with van der Waals surface area (Å²) in [6.07, 6.45) is 8.77. The van der Waals surface area contributed by atoms with Crippen LogP contribution in [-0.2, 0) is 0 Å². The molecule has 0 aliphatic carbocycles. The molecule has 3 aromatic rings. The third-order valence-corrected chi connectivity index (χ3v) is 4.39. The fourth-order valence-corrected chi connectivity index (χ4v) is 3.08. The van der Waals surface area contributed by atoms with Crippen LogP contribution in [0.2, 0.25) is 0 Å². The van der Waals surface area contributed by atoms with Crippen molar-refractivity contribution in [1.29, 1.82) is 0 Å². The first kappa shape index (κ1) is 16.3. The number of aromatic nitrogens is 5. The number of nitrogens with one attached hydrogen (secondary N) is 1. The number of fused-ring (bicyclic) bond motifs is 1. The summed E-state index contributed by atoms with van der Waals surface area (Å²) >= 11 is 0. The Morgan fingerprint density at radius 3 is 2.85 bits per heavy atom. The summed E-state index contributed by atoms with van der Waals surface area (Å²) in [5.41, 5.74) is 5.82. The zero-order valence-corrected chi connectivity index (χ0v) is 15.0. The van der Waals surface area contributed by atoms with Gasteiger partial charge in [-0.3, -0.25) is 0 Å². The number of imidazole rings is 1. The lowest BCUT2D eigenvalue weighted by Crippen LogP contribution is -2.23. The van der Waals surface area contributed by atoms with E-state index in [1.165, 1.54) is 5.57 Å². The summed E-state index contributed by atoms with van der Waals surface area (Å²) in [5, 5.41) is 0. The molecular formula is C19H20N6O. The number of pyridine rings is 1. The number of allylic oxidation sites excluding steroid dienone is 2. The molecule has 0 radical (unpaired) electrons. The third kappa shape index (κ3) is 2.92. The highest BCUT2D eigenvalue weighted by molar-refractivity contribution is 5.87. The van der Waals surface area contributed by atoms with Crippen LogP contribution in [0.25, 0.3) is 16.7 Å². The van der Waals surface area contributed by atoms with E-state index < -0.39 is 0 Å². The van der Waals surface area contributed by atoms with E-state index in [1.54, 1.807) is 13.4 Å². The molecule has 0 atom stereocenters. The van der Waals surface area contributed by atoms with E-state index in [1.807, 2.05) is 25.3 Å². The summed E-state index contributed by atoms with van der Waals surface area (Å²) in [7, 11) is 1.62. The molecule has 0 spiro atoms. The lowest BCUT2D eigenvalue weighted by Gasteiger charge is -2.27. The Hall–Kier alpha value is -3.22. The highest BCUT2D eigenvalue weighted by Crippen LogP contribution is 2.30. The van der Waals surface area contributed by atoms with Gasteiger partial charge in [-0.25, -0.2) is 19.9 Å². The van der Waals surface area contributed by atoms with Crippen LogP contribution < -0.4 is 9.64 Å². The second-order valence-electron chi connectivity index (χ2n) is 6.13. The van der Waals surface area contributed by atoms with Crippen LogP contribution in [0.5, 0.6) is 5.88 Å².